The van der Waals surface area contributed by atoms with E-state index in [0.29, 0.717) is 24.2 Å². The van der Waals surface area contributed by atoms with E-state index in [-0.39, 0.29) is 11.8 Å². The Morgan fingerprint density at radius 3 is 3.00 bits per heavy atom. The van der Waals surface area contributed by atoms with Gasteiger partial charge in [0.1, 0.15) is 6.04 Å². The van der Waals surface area contributed by atoms with Crippen LogP contribution in [0.3, 0.4) is 0 Å². The summed E-state index contributed by atoms with van der Waals surface area (Å²) in [5, 5.41) is 5.43. The molecule has 0 saturated carbocycles. The maximum Gasteiger partial charge on any atom is 0.252 e. The SMILES string of the molecule is Nc1cccc(C(=O)NC2CCCNC2=O)c1. The number of nitrogen functional groups attached to an aromatic ring is 1. The van der Waals surface area contributed by atoms with Crippen LogP contribution in [-0.4, -0.2) is 24.4 Å². The van der Waals surface area contributed by atoms with Crippen molar-refractivity contribution in [1.29, 1.82) is 0 Å². The normalized spacial score (nSPS) is 19.5. The Balaban J connectivity index is 2.03. The van der Waals surface area contributed by atoms with E-state index in [4.69, 9.17) is 5.73 Å². The quantitative estimate of drug-likeness (QED) is 0.641. The summed E-state index contributed by atoms with van der Waals surface area (Å²) in [7, 11) is 0. The number of nitrogens with one attached hydrogen (secondary N) is 2. The minimum Gasteiger partial charge on any atom is -0.399 e. The van der Waals surface area contributed by atoms with Crippen LogP contribution in [-0.2, 0) is 4.79 Å². The van der Waals surface area contributed by atoms with Gasteiger partial charge < -0.3 is 16.4 Å². The van der Waals surface area contributed by atoms with Gasteiger partial charge in [-0.25, -0.2) is 0 Å². The number of amides is 2. The first-order chi connectivity index (χ1) is 8.16. The number of piperidine rings is 1. The smallest absolute Gasteiger partial charge is 0.252 e. The number of rotatable bonds is 2. The molecule has 1 fully saturated rings. The van der Waals surface area contributed by atoms with Crippen LogP contribution in [0, 0.1) is 0 Å². The lowest BCUT2D eigenvalue weighted by molar-refractivity contribution is -0.124. The van der Waals surface area contributed by atoms with Crippen LogP contribution >= 0.6 is 0 Å². The van der Waals surface area contributed by atoms with Crippen molar-refractivity contribution >= 4 is 17.5 Å². The van der Waals surface area contributed by atoms with Gasteiger partial charge in [-0.2, -0.15) is 0 Å². The number of hydrogen-bond donors (Lipinski definition) is 3. The highest BCUT2D eigenvalue weighted by Gasteiger charge is 2.23. The van der Waals surface area contributed by atoms with Crippen LogP contribution in [0.25, 0.3) is 0 Å². The first-order valence-electron chi connectivity index (χ1n) is 5.61. The molecule has 0 bridgehead atoms. The molecule has 1 heterocycles. The molecule has 2 amide bonds. The highest BCUT2D eigenvalue weighted by Crippen LogP contribution is 2.08. The third kappa shape index (κ3) is 2.75. The summed E-state index contributed by atoms with van der Waals surface area (Å²) >= 11 is 0. The number of benzene rings is 1. The average molecular weight is 233 g/mol. The number of nitrogens with two attached hydrogens (primary N) is 1. The van der Waals surface area contributed by atoms with E-state index < -0.39 is 6.04 Å². The van der Waals surface area contributed by atoms with Gasteiger partial charge in [0.2, 0.25) is 5.91 Å². The molecule has 1 unspecified atom stereocenters. The van der Waals surface area contributed by atoms with Gasteiger partial charge in [0, 0.05) is 17.8 Å². The van der Waals surface area contributed by atoms with Crippen molar-refractivity contribution in [2.24, 2.45) is 0 Å². The molecule has 5 heteroatoms. The van der Waals surface area contributed by atoms with Crippen molar-refractivity contribution in [1.82, 2.24) is 10.6 Å². The zero-order valence-electron chi connectivity index (χ0n) is 9.40. The lowest BCUT2D eigenvalue weighted by Crippen LogP contribution is -2.50. The highest BCUT2D eigenvalue weighted by molar-refractivity contribution is 5.98. The molecule has 4 N–H and O–H groups in total. The van der Waals surface area contributed by atoms with E-state index in [0.717, 1.165) is 6.42 Å². The zero-order chi connectivity index (χ0) is 12.3. The van der Waals surface area contributed by atoms with Crippen molar-refractivity contribution in [2.45, 2.75) is 18.9 Å². The summed E-state index contributed by atoms with van der Waals surface area (Å²) in [6.07, 6.45) is 1.56. The first-order valence-corrected chi connectivity index (χ1v) is 5.61. The monoisotopic (exact) mass is 233 g/mol. The van der Waals surface area contributed by atoms with E-state index in [1.54, 1.807) is 24.3 Å². The van der Waals surface area contributed by atoms with E-state index in [1.807, 2.05) is 0 Å². The molecule has 1 saturated heterocycles. The van der Waals surface area contributed by atoms with E-state index >= 15 is 0 Å². The van der Waals surface area contributed by atoms with Crippen molar-refractivity contribution < 1.29 is 9.59 Å². The Hall–Kier alpha value is -2.04. The van der Waals surface area contributed by atoms with Gasteiger partial charge in [0.25, 0.3) is 5.91 Å². The van der Waals surface area contributed by atoms with E-state index in [1.165, 1.54) is 0 Å². The van der Waals surface area contributed by atoms with Crippen LogP contribution in [0.15, 0.2) is 24.3 Å². The van der Waals surface area contributed by atoms with Crippen molar-refractivity contribution in [3.63, 3.8) is 0 Å². The summed E-state index contributed by atoms with van der Waals surface area (Å²) < 4.78 is 0. The van der Waals surface area contributed by atoms with Crippen LogP contribution in [0.1, 0.15) is 23.2 Å². The maximum atomic E-state index is 11.9. The number of hydrogen-bond acceptors (Lipinski definition) is 3. The predicted octanol–water partition coefficient (Wildman–Crippen LogP) is 0.277. The highest BCUT2D eigenvalue weighted by atomic mass is 16.2. The van der Waals surface area contributed by atoms with Crippen molar-refractivity contribution in [3.8, 4) is 0 Å². The predicted molar refractivity (Wildman–Crippen MR) is 64.4 cm³/mol. The summed E-state index contributed by atoms with van der Waals surface area (Å²) in [6, 6.07) is 6.26. The summed E-state index contributed by atoms with van der Waals surface area (Å²) in [4.78, 5) is 23.3. The minimum absolute atomic E-state index is 0.117. The van der Waals surface area contributed by atoms with Gasteiger partial charge in [0.05, 0.1) is 0 Å². The standard InChI is InChI=1S/C12H15N3O2/c13-9-4-1-3-8(7-9)11(16)15-10-5-2-6-14-12(10)17/h1,3-4,7,10H,2,5-6,13H2,(H,14,17)(H,15,16). The fourth-order valence-corrected chi connectivity index (χ4v) is 1.83. The van der Waals surface area contributed by atoms with Gasteiger partial charge in [-0.05, 0) is 31.0 Å². The fraction of sp³-hybridized carbons (Fsp3) is 0.333. The summed E-state index contributed by atoms with van der Waals surface area (Å²) in [5.41, 5.74) is 6.61. The van der Waals surface area contributed by atoms with E-state index in [2.05, 4.69) is 10.6 Å². The average Bonchev–Trinajstić information content (AvgIpc) is 2.32. The Labute approximate surface area is 99.4 Å². The second-order valence-electron chi connectivity index (χ2n) is 4.08. The number of carbonyl (C=O) groups excluding carboxylic acids is 2. The molecule has 1 aromatic rings. The van der Waals surface area contributed by atoms with Crippen LogP contribution in [0.4, 0.5) is 5.69 Å². The van der Waals surface area contributed by atoms with Gasteiger partial charge in [0.15, 0.2) is 0 Å². The second kappa shape index (κ2) is 4.86. The Bertz CT molecular complexity index is 445. The maximum absolute atomic E-state index is 11.9. The summed E-state index contributed by atoms with van der Waals surface area (Å²) in [5.74, 6) is -0.382. The fourth-order valence-electron chi connectivity index (χ4n) is 1.83. The molecule has 17 heavy (non-hydrogen) atoms. The van der Waals surface area contributed by atoms with Gasteiger partial charge in [-0.3, -0.25) is 9.59 Å². The lowest BCUT2D eigenvalue weighted by Gasteiger charge is -2.22. The van der Waals surface area contributed by atoms with Gasteiger partial charge >= 0.3 is 0 Å². The number of carbonyl (C=O) groups is 2. The third-order valence-electron chi connectivity index (χ3n) is 2.74. The number of anilines is 1. The molecule has 1 aliphatic heterocycles. The molecule has 90 valence electrons. The molecular formula is C12H15N3O2. The topological polar surface area (TPSA) is 84.2 Å². The molecule has 5 nitrogen and oxygen atoms in total. The molecular weight excluding hydrogens is 218 g/mol. The Morgan fingerprint density at radius 1 is 1.47 bits per heavy atom. The van der Waals surface area contributed by atoms with Gasteiger partial charge in [-0.15, -0.1) is 0 Å². The first kappa shape index (κ1) is 11.4. The molecule has 2 rings (SSSR count). The van der Waals surface area contributed by atoms with Crippen molar-refractivity contribution in [2.75, 3.05) is 12.3 Å². The minimum atomic E-state index is -0.433. The Morgan fingerprint density at radius 2 is 2.29 bits per heavy atom. The van der Waals surface area contributed by atoms with E-state index in [9.17, 15) is 9.59 Å². The van der Waals surface area contributed by atoms with Gasteiger partial charge in [-0.1, -0.05) is 6.07 Å². The molecule has 0 spiro atoms. The van der Waals surface area contributed by atoms with Crippen LogP contribution in [0.2, 0.25) is 0 Å². The zero-order valence-corrected chi connectivity index (χ0v) is 9.40. The van der Waals surface area contributed by atoms with Crippen LogP contribution in [0.5, 0.6) is 0 Å². The van der Waals surface area contributed by atoms with Crippen molar-refractivity contribution in [3.05, 3.63) is 29.8 Å². The molecule has 1 aliphatic rings. The molecule has 0 aromatic heterocycles. The lowest BCUT2D eigenvalue weighted by atomic mass is 10.1. The van der Waals surface area contributed by atoms with Crippen LogP contribution < -0.4 is 16.4 Å². The summed E-state index contributed by atoms with van der Waals surface area (Å²) in [6.45, 7) is 0.684. The Kier molecular flexibility index (Phi) is 3.27. The molecule has 1 aromatic carbocycles. The molecule has 0 radical (unpaired) electrons. The molecule has 0 aliphatic carbocycles. The largest absolute Gasteiger partial charge is 0.399 e. The third-order valence-corrected chi connectivity index (χ3v) is 2.74. The second-order valence-corrected chi connectivity index (χ2v) is 4.08. The molecule has 1 atom stereocenters.